The summed E-state index contributed by atoms with van der Waals surface area (Å²) >= 11 is 0. The summed E-state index contributed by atoms with van der Waals surface area (Å²) in [6.45, 7) is 18.0. The van der Waals surface area contributed by atoms with Crippen LogP contribution in [0.25, 0.3) is 0 Å². The van der Waals surface area contributed by atoms with Crippen molar-refractivity contribution in [2.24, 2.45) is 23.2 Å². The number of nitrogens with zero attached hydrogens (tertiary/aromatic N) is 2. The van der Waals surface area contributed by atoms with Crippen molar-refractivity contribution < 1.29 is 29.3 Å². The number of hydrogen-bond acceptors (Lipinski definition) is 5. The number of aliphatic carboxylic acids is 1. The number of rotatable bonds is 9. The highest BCUT2D eigenvalue weighted by atomic mass is 16.5. The van der Waals surface area contributed by atoms with Crippen molar-refractivity contribution in [1.82, 2.24) is 9.80 Å². The standard InChI is InChI=1S/C26H42N2O6/c1-9-12-27(25(7,8)14-24(4,5)6)22(31)20-26-11-10-17(34-26)18(23(32)33)19(26)21(30)28(20)16(13-29)15(2)3/h9,15-20,29H,1,10-14H2,2-8H3,(H,32,33)/t16-,17-,18+,19+,20-,26+/m0/s1. The van der Waals surface area contributed by atoms with Gasteiger partial charge in [-0.1, -0.05) is 40.7 Å². The molecule has 2 amide bonds. The average molecular weight is 479 g/mol. The van der Waals surface area contributed by atoms with Crippen LogP contribution in [0.4, 0.5) is 0 Å². The van der Waals surface area contributed by atoms with Gasteiger partial charge in [-0.05, 0) is 44.4 Å². The molecule has 0 aliphatic carbocycles. The van der Waals surface area contributed by atoms with Crippen LogP contribution in [-0.2, 0) is 19.1 Å². The fourth-order valence-electron chi connectivity index (χ4n) is 6.93. The Bertz CT molecular complexity index is 847. The summed E-state index contributed by atoms with van der Waals surface area (Å²) in [6, 6.07) is -1.60. The Labute approximate surface area is 203 Å². The fraction of sp³-hybridized carbons (Fsp3) is 0.808. The number of fused-ring (bicyclic) bond motifs is 1. The molecule has 1 spiro atoms. The zero-order valence-electron chi connectivity index (χ0n) is 21.7. The van der Waals surface area contributed by atoms with E-state index in [1.54, 1.807) is 11.0 Å². The van der Waals surface area contributed by atoms with E-state index in [0.29, 0.717) is 25.8 Å². The molecular formula is C26H42N2O6. The number of aliphatic hydroxyl groups excluding tert-OH is 1. The average Bonchev–Trinajstić information content (AvgIpc) is 3.32. The molecule has 0 radical (unpaired) electrons. The van der Waals surface area contributed by atoms with E-state index in [9.17, 15) is 24.6 Å². The molecule has 0 aromatic heterocycles. The molecule has 3 heterocycles. The lowest BCUT2D eigenvalue weighted by molar-refractivity contribution is -0.157. The van der Waals surface area contributed by atoms with E-state index >= 15 is 0 Å². The van der Waals surface area contributed by atoms with Gasteiger partial charge in [-0.15, -0.1) is 6.58 Å². The van der Waals surface area contributed by atoms with Gasteiger partial charge in [0.2, 0.25) is 11.8 Å². The molecule has 2 N–H and O–H groups in total. The number of ether oxygens (including phenoxy) is 1. The van der Waals surface area contributed by atoms with E-state index in [0.717, 1.165) is 0 Å². The molecule has 8 nitrogen and oxygen atoms in total. The smallest absolute Gasteiger partial charge is 0.310 e. The molecule has 6 atom stereocenters. The van der Waals surface area contributed by atoms with Gasteiger partial charge in [-0.25, -0.2) is 0 Å². The number of aliphatic hydroxyl groups is 1. The van der Waals surface area contributed by atoms with Crippen molar-refractivity contribution in [2.75, 3.05) is 13.2 Å². The first-order chi connectivity index (χ1) is 15.6. The predicted octanol–water partition coefficient (Wildman–Crippen LogP) is 2.69. The zero-order chi connectivity index (χ0) is 25.8. The number of carbonyl (C=O) groups excluding carboxylic acids is 2. The van der Waals surface area contributed by atoms with Crippen molar-refractivity contribution in [3.8, 4) is 0 Å². The third kappa shape index (κ3) is 4.17. The topological polar surface area (TPSA) is 107 Å². The van der Waals surface area contributed by atoms with Gasteiger partial charge in [-0.3, -0.25) is 14.4 Å². The van der Waals surface area contributed by atoms with Gasteiger partial charge < -0.3 is 24.7 Å². The van der Waals surface area contributed by atoms with Gasteiger partial charge in [-0.2, -0.15) is 0 Å². The summed E-state index contributed by atoms with van der Waals surface area (Å²) < 4.78 is 6.31. The summed E-state index contributed by atoms with van der Waals surface area (Å²) in [6.07, 6.45) is 2.76. The van der Waals surface area contributed by atoms with Crippen LogP contribution in [0.15, 0.2) is 12.7 Å². The predicted molar refractivity (Wildman–Crippen MR) is 128 cm³/mol. The number of amides is 2. The Morgan fingerprint density at radius 3 is 2.38 bits per heavy atom. The molecule has 34 heavy (non-hydrogen) atoms. The fourth-order valence-corrected chi connectivity index (χ4v) is 6.93. The summed E-state index contributed by atoms with van der Waals surface area (Å²) in [5, 5.41) is 20.2. The summed E-state index contributed by atoms with van der Waals surface area (Å²) in [5.74, 6) is -3.77. The van der Waals surface area contributed by atoms with Crippen LogP contribution in [-0.4, -0.2) is 80.3 Å². The number of carbonyl (C=O) groups is 3. The van der Waals surface area contributed by atoms with Gasteiger partial charge in [0.1, 0.15) is 11.6 Å². The molecular weight excluding hydrogens is 436 g/mol. The van der Waals surface area contributed by atoms with Crippen molar-refractivity contribution in [1.29, 1.82) is 0 Å². The monoisotopic (exact) mass is 478 g/mol. The molecule has 3 fully saturated rings. The van der Waals surface area contributed by atoms with Gasteiger partial charge in [0.25, 0.3) is 0 Å². The molecule has 0 saturated carbocycles. The maximum Gasteiger partial charge on any atom is 0.310 e. The largest absolute Gasteiger partial charge is 0.481 e. The van der Waals surface area contributed by atoms with E-state index in [1.807, 2.05) is 27.7 Å². The number of likely N-dealkylation sites (tertiary alicyclic amines) is 1. The molecule has 0 aromatic rings. The van der Waals surface area contributed by atoms with Crippen LogP contribution in [0, 0.1) is 23.2 Å². The van der Waals surface area contributed by atoms with Crippen LogP contribution in [0.5, 0.6) is 0 Å². The molecule has 0 aromatic carbocycles. The second kappa shape index (κ2) is 8.94. The molecule has 0 unspecified atom stereocenters. The van der Waals surface area contributed by atoms with E-state index in [-0.39, 0.29) is 23.8 Å². The Balaban J connectivity index is 2.14. The van der Waals surface area contributed by atoms with Crippen molar-refractivity contribution in [2.45, 2.75) is 97.1 Å². The lowest BCUT2D eigenvalue weighted by Gasteiger charge is -2.46. The molecule has 2 bridgehead atoms. The quantitative estimate of drug-likeness (QED) is 0.494. The van der Waals surface area contributed by atoms with Crippen molar-refractivity contribution in [3.63, 3.8) is 0 Å². The Hall–Kier alpha value is -1.93. The second-order valence-electron chi connectivity index (χ2n) is 12.4. The first-order valence-corrected chi connectivity index (χ1v) is 12.4. The second-order valence-corrected chi connectivity index (χ2v) is 12.4. The van der Waals surface area contributed by atoms with Crippen LogP contribution in [0.2, 0.25) is 0 Å². The van der Waals surface area contributed by atoms with Crippen molar-refractivity contribution >= 4 is 17.8 Å². The van der Waals surface area contributed by atoms with Gasteiger partial charge in [0.15, 0.2) is 0 Å². The van der Waals surface area contributed by atoms with Gasteiger partial charge in [0.05, 0.1) is 30.6 Å². The third-order valence-electron chi connectivity index (χ3n) is 7.84. The van der Waals surface area contributed by atoms with E-state index in [4.69, 9.17) is 4.74 Å². The molecule has 3 aliphatic heterocycles. The Kier molecular flexibility index (Phi) is 7.01. The third-order valence-corrected chi connectivity index (χ3v) is 7.84. The molecule has 3 rings (SSSR count). The maximum absolute atomic E-state index is 14.4. The van der Waals surface area contributed by atoms with Gasteiger partial charge >= 0.3 is 5.97 Å². The summed E-state index contributed by atoms with van der Waals surface area (Å²) in [5.41, 5.74) is -1.80. The molecule has 3 aliphatic rings. The number of hydrogen-bond donors (Lipinski definition) is 2. The molecule has 192 valence electrons. The lowest BCUT2D eigenvalue weighted by Crippen LogP contribution is -2.63. The number of carboxylic acids is 1. The maximum atomic E-state index is 14.4. The first-order valence-electron chi connectivity index (χ1n) is 12.4. The van der Waals surface area contributed by atoms with Crippen molar-refractivity contribution in [3.05, 3.63) is 12.7 Å². The normalized spacial score (nSPS) is 31.7. The highest BCUT2D eigenvalue weighted by Crippen LogP contribution is 2.59. The first kappa shape index (κ1) is 26.7. The molecule has 8 heteroatoms. The SMILES string of the molecule is C=CCN(C(=O)[C@@H]1N([C@@H](CO)C(C)C)C(=O)[C@H]2[C@H](C(=O)O)[C@@H]3CC[C@]12O3)C(C)(C)CC(C)(C)C. The highest BCUT2D eigenvalue weighted by Gasteiger charge is 2.75. The summed E-state index contributed by atoms with van der Waals surface area (Å²) in [4.78, 5) is 43.7. The van der Waals surface area contributed by atoms with Crippen LogP contribution in [0.3, 0.4) is 0 Å². The van der Waals surface area contributed by atoms with Crippen LogP contribution >= 0.6 is 0 Å². The van der Waals surface area contributed by atoms with E-state index in [2.05, 4.69) is 27.4 Å². The summed E-state index contributed by atoms with van der Waals surface area (Å²) in [7, 11) is 0. The van der Waals surface area contributed by atoms with Crippen LogP contribution in [0.1, 0.15) is 67.7 Å². The lowest BCUT2D eigenvalue weighted by atomic mass is 9.70. The highest BCUT2D eigenvalue weighted by molar-refractivity contribution is 5.98. The Morgan fingerprint density at radius 2 is 1.91 bits per heavy atom. The van der Waals surface area contributed by atoms with E-state index in [1.165, 1.54) is 4.90 Å². The minimum absolute atomic E-state index is 0.0580. The molecule has 3 saturated heterocycles. The number of carboxylic acid groups (broad SMARTS) is 1. The zero-order valence-corrected chi connectivity index (χ0v) is 21.7. The minimum atomic E-state index is -1.19. The van der Waals surface area contributed by atoms with E-state index < -0.39 is 53.0 Å². The minimum Gasteiger partial charge on any atom is -0.481 e. The van der Waals surface area contributed by atoms with Gasteiger partial charge in [0, 0.05) is 12.1 Å². The van der Waals surface area contributed by atoms with Crippen LogP contribution < -0.4 is 0 Å². The Morgan fingerprint density at radius 1 is 1.29 bits per heavy atom.